The number of carbonyl (C=O) groups excluding carboxylic acids is 3. The van der Waals surface area contributed by atoms with Gasteiger partial charge in [-0.25, -0.2) is 4.79 Å². The van der Waals surface area contributed by atoms with Crippen LogP contribution in [0.25, 0.3) is 0 Å². The van der Waals surface area contributed by atoms with Crippen LogP contribution in [0.2, 0.25) is 0 Å². The number of imide groups is 1. The molecule has 0 aromatic heterocycles. The van der Waals surface area contributed by atoms with Crippen LogP contribution in [0.4, 0.5) is 4.79 Å². The normalized spacial score (nSPS) is 29.2. The molecule has 3 fully saturated rings. The van der Waals surface area contributed by atoms with Crippen LogP contribution >= 0.6 is 0 Å². The Morgan fingerprint density at radius 2 is 1.82 bits per heavy atom. The van der Waals surface area contributed by atoms with E-state index in [-0.39, 0.29) is 23.9 Å². The fraction of sp³-hybridized carbons (Fsp3) is 0.857. The minimum Gasteiger partial charge on any atom is -0.353 e. The van der Waals surface area contributed by atoms with Crippen molar-refractivity contribution < 1.29 is 14.4 Å². The summed E-state index contributed by atoms with van der Waals surface area (Å²) in [6.45, 7) is 8.85. The molecule has 0 unspecified atom stereocenters. The summed E-state index contributed by atoms with van der Waals surface area (Å²) < 4.78 is 0. The Morgan fingerprint density at radius 1 is 1.18 bits per heavy atom. The molecule has 4 amide bonds. The molecule has 0 aromatic rings. The summed E-state index contributed by atoms with van der Waals surface area (Å²) in [5.74, 6) is 0.134. The highest BCUT2D eigenvalue weighted by atomic mass is 16.2. The molecule has 2 saturated heterocycles. The van der Waals surface area contributed by atoms with Crippen LogP contribution in [-0.2, 0) is 9.59 Å². The molecule has 2 aliphatic heterocycles. The maximum Gasteiger partial charge on any atom is 0.325 e. The molecule has 1 spiro atoms. The van der Waals surface area contributed by atoms with E-state index in [0.717, 1.165) is 37.3 Å². The summed E-state index contributed by atoms with van der Waals surface area (Å²) in [4.78, 5) is 41.3. The van der Waals surface area contributed by atoms with Crippen LogP contribution in [0.15, 0.2) is 0 Å². The first-order chi connectivity index (χ1) is 13.3. The molecule has 7 nitrogen and oxygen atoms in total. The van der Waals surface area contributed by atoms with Crippen molar-refractivity contribution in [1.82, 2.24) is 20.4 Å². The predicted octanol–water partition coefficient (Wildman–Crippen LogP) is 2.26. The Labute approximate surface area is 168 Å². The van der Waals surface area contributed by atoms with Crippen LogP contribution in [-0.4, -0.2) is 64.9 Å². The molecule has 0 radical (unpaired) electrons. The molecule has 1 saturated carbocycles. The Morgan fingerprint density at radius 3 is 2.43 bits per heavy atom. The lowest BCUT2D eigenvalue weighted by molar-refractivity contribution is -0.136. The van der Waals surface area contributed by atoms with Gasteiger partial charge in [0.25, 0.3) is 5.91 Å². The van der Waals surface area contributed by atoms with Crippen molar-refractivity contribution in [1.29, 1.82) is 0 Å². The number of hydrogen-bond acceptors (Lipinski definition) is 4. The fourth-order valence-electron chi connectivity index (χ4n) is 4.86. The van der Waals surface area contributed by atoms with E-state index in [1.807, 2.05) is 0 Å². The highest BCUT2D eigenvalue weighted by Crippen LogP contribution is 2.37. The van der Waals surface area contributed by atoms with Gasteiger partial charge in [0.2, 0.25) is 5.91 Å². The van der Waals surface area contributed by atoms with Gasteiger partial charge < -0.3 is 10.6 Å². The zero-order valence-corrected chi connectivity index (χ0v) is 17.7. The number of likely N-dealkylation sites (tertiary alicyclic amines) is 1. The van der Waals surface area contributed by atoms with E-state index >= 15 is 0 Å². The van der Waals surface area contributed by atoms with Crippen LogP contribution in [0.1, 0.15) is 72.1 Å². The lowest BCUT2D eigenvalue weighted by Gasteiger charge is -2.41. The third-order valence-electron chi connectivity index (χ3n) is 7.01. The van der Waals surface area contributed by atoms with Gasteiger partial charge >= 0.3 is 6.03 Å². The lowest BCUT2D eigenvalue weighted by atomic mass is 9.75. The van der Waals surface area contributed by atoms with E-state index in [4.69, 9.17) is 0 Å². The quantitative estimate of drug-likeness (QED) is 0.680. The lowest BCUT2D eigenvalue weighted by Crippen LogP contribution is -2.54. The number of amides is 4. The Kier molecular flexibility index (Phi) is 6.32. The first kappa shape index (κ1) is 21.1. The zero-order valence-electron chi connectivity index (χ0n) is 17.7. The molecule has 1 aliphatic carbocycles. The van der Waals surface area contributed by atoms with Gasteiger partial charge in [-0.2, -0.15) is 0 Å². The third kappa shape index (κ3) is 4.34. The molecule has 7 heteroatoms. The average molecular weight is 393 g/mol. The van der Waals surface area contributed by atoms with E-state index in [1.54, 1.807) is 0 Å². The monoisotopic (exact) mass is 392 g/mol. The van der Waals surface area contributed by atoms with E-state index in [9.17, 15) is 14.4 Å². The van der Waals surface area contributed by atoms with E-state index in [0.29, 0.717) is 25.3 Å². The van der Waals surface area contributed by atoms with Crippen molar-refractivity contribution in [3.8, 4) is 0 Å². The number of urea groups is 1. The predicted molar refractivity (Wildman–Crippen MR) is 108 cm³/mol. The highest BCUT2D eigenvalue weighted by molar-refractivity contribution is 6.09. The molecule has 0 bridgehead atoms. The largest absolute Gasteiger partial charge is 0.353 e. The molecule has 158 valence electrons. The average Bonchev–Trinajstić information content (AvgIpc) is 2.92. The number of nitrogens with zero attached hydrogens (tertiary/aromatic N) is 2. The SMILES string of the molecule is CCC1CCC2(CC1)NC(=O)N(CC(=O)NCC(C)(C)N1CCCCC1)C2=O. The second kappa shape index (κ2) is 8.39. The van der Waals surface area contributed by atoms with Crippen LogP contribution in [0.3, 0.4) is 0 Å². The van der Waals surface area contributed by atoms with E-state index in [1.165, 1.54) is 19.3 Å². The Balaban J connectivity index is 1.52. The minimum absolute atomic E-state index is 0.132. The molecular formula is C21H36N4O3. The Hall–Kier alpha value is -1.63. The molecule has 28 heavy (non-hydrogen) atoms. The third-order valence-corrected chi connectivity index (χ3v) is 7.01. The first-order valence-electron chi connectivity index (χ1n) is 10.9. The van der Waals surface area contributed by atoms with Gasteiger partial charge in [0.1, 0.15) is 12.1 Å². The number of nitrogens with one attached hydrogen (secondary N) is 2. The molecule has 0 atom stereocenters. The maximum atomic E-state index is 12.9. The van der Waals surface area contributed by atoms with Gasteiger partial charge in [-0.05, 0) is 71.4 Å². The fourth-order valence-corrected chi connectivity index (χ4v) is 4.86. The number of hydrogen-bond donors (Lipinski definition) is 2. The summed E-state index contributed by atoms with van der Waals surface area (Å²) in [5.41, 5.74) is -0.913. The van der Waals surface area contributed by atoms with E-state index in [2.05, 4.69) is 36.3 Å². The van der Waals surface area contributed by atoms with Gasteiger partial charge in [-0.3, -0.25) is 19.4 Å². The molecule has 0 aromatic carbocycles. The second-order valence-electron chi connectivity index (χ2n) is 9.39. The smallest absolute Gasteiger partial charge is 0.325 e. The standard InChI is InChI=1S/C21H36N4O3/c1-4-16-8-10-21(11-9-16)18(27)25(19(28)23-21)14-17(26)22-15-20(2,3)24-12-6-5-7-13-24/h16H,4-15H2,1-3H3,(H,22,26)(H,23,28). The van der Waals surface area contributed by atoms with Gasteiger partial charge in [0, 0.05) is 12.1 Å². The summed E-state index contributed by atoms with van der Waals surface area (Å²) in [6, 6.07) is -0.426. The van der Waals surface area contributed by atoms with Crippen molar-refractivity contribution in [3.05, 3.63) is 0 Å². The minimum atomic E-state index is -0.782. The van der Waals surface area contributed by atoms with Gasteiger partial charge in [-0.15, -0.1) is 0 Å². The van der Waals surface area contributed by atoms with Gasteiger partial charge in [0.15, 0.2) is 0 Å². The van der Waals surface area contributed by atoms with Crippen molar-refractivity contribution in [3.63, 3.8) is 0 Å². The molecular weight excluding hydrogens is 356 g/mol. The Bertz CT molecular complexity index is 605. The first-order valence-corrected chi connectivity index (χ1v) is 10.9. The summed E-state index contributed by atoms with van der Waals surface area (Å²) >= 11 is 0. The van der Waals surface area contributed by atoms with Gasteiger partial charge in [0.05, 0.1) is 0 Å². The van der Waals surface area contributed by atoms with Crippen LogP contribution in [0.5, 0.6) is 0 Å². The summed E-state index contributed by atoms with van der Waals surface area (Å²) in [6.07, 6.45) is 8.02. The molecule has 2 N–H and O–H groups in total. The van der Waals surface area contributed by atoms with Crippen molar-refractivity contribution in [2.45, 2.75) is 83.2 Å². The van der Waals surface area contributed by atoms with Gasteiger partial charge in [-0.1, -0.05) is 19.8 Å². The van der Waals surface area contributed by atoms with Crippen LogP contribution in [0, 0.1) is 5.92 Å². The summed E-state index contributed by atoms with van der Waals surface area (Å²) in [7, 11) is 0. The number of rotatable bonds is 6. The van der Waals surface area contributed by atoms with Crippen molar-refractivity contribution in [2.24, 2.45) is 5.92 Å². The summed E-state index contributed by atoms with van der Waals surface area (Å²) in [5, 5.41) is 5.83. The van der Waals surface area contributed by atoms with Crippen LogP contribution < -0.4 is 10.6 Å². The molecule has 2 heterocycles. The highest BCUT2D eigenvalue weighted by Gasteiger charge is 2.52. The zero-order chi connectivity index (χ0) is 20.4. The number of carbonyl (C=O) groups is 3. The van der Waals surface area contributed by atoms with E-state index < -0.39 is 11.6 Å². The second-order valence-corrected chi connectivity index (χ2v) is 9.39. The number of piperidine rings is 1. The van der Waals surface area contributed by atoms with Crippen molar-refractivity contribution in [2.75, 3.05) is 26.2 Å². The topological polar surface area (TPSA) is 81.8 Å². The molecule has 3 aliphatic rings. The maximum absolute atomic E-state index is 12.9. The van der Waals surface area contributed by atoms with Crippen molar-refractivity contribution >= 4 is 17.8 Å². The molecule has 3 rings (SSSR count).